The fourth-order valence-corrected chi connectivity index (χ4v) is 1.40. The molecule has 1 aliphatic rings. The molecule has 1 saturated heterocycles. The lowest BCUT2D eigenvalue weighted by Crippen LogP contribution is -2.54. The molecule has 0 saturated carbocycles. The van der Waals surface area contributed by atoms with Gasteiger partial charge in [0.1, 0.15) is 6.54 Å². The largest absolute Gasteiger partial charge is 0.395 e. The monoisotopic (exact) mass is 201 g/mol. The Balaban J connectivity index is 2.46. The third-order valence-electron chi connectivity index (χ3n) is 2.19. The van der Waals surface area contributed by atoms with Gasteiger partial charge in [-0.25, -0.2) is 4.79 Å². The van der Waals surface area contributed by atoms with E-state index >= 15 is 0 Å². The number of aliphatic hydroxyl groups excluding tert-OH is 1. The van der Waals surface area contributed by atoms with Gasteiger partial charge in [0.2, 0.25) is 5.91 Å². The summed E-state index contributed by atoms with van der Waals surface area (Å²) in [5.74, 6) is -0.117. The first-order chi connectivity index (χ1) is 6.69. The van der Waals surface area contributed by atoms with Crippen LogP contribution in [0.15, 0.2) is 0 Å². The van der Waals surface area contributed by atoms with Crippen molar-refractivity contribution in [2.45, 2.75) is 0 Å². The highest BCUT2D eigenvalue weighted by Crippen LogP contribution is 2.02. The number of nitrogens with one attached hydrogen (secondary N) is 1. The molecule has 1 aliphatic heterocycles. The second-order valence-electron chi connectivity index (χ2n) is 3.08. The van der Waals surface area contributed by atoms with Crippen LogP contribution in [0.3, 0.4) is 0 Å². The minimum absolute atomic E-state index is 0.0360. The van der Waals surface area contributed by atoms with E-state index in [1.54, 1.807) is 4.90 Å². The molecule has 2 N–H and O–H groups in total. The Kier molecular flexibility index (Phi) is 3.70. The third kappa shape index (κ3) is 2.35. The molecule has 1 heterocycles. The first-order valence-corrected chi connectivity index (χ1v) is 4.54. The average molecular weight is 201 g/mol. The van der Waals surface area contributed by atoms with Crippen molar-refractivity contribution in [2.24, 2.45) is 0 Å². The van der Waals surface area contributed by atoms with Gasteiger partial charge in [-0.05, 0) is 0 Å². The van der Waals surface area contributed by atoms with Crippen molar-refractivity contribution in [3.05, 3.63) is 0 Å². The standard InChI is InChI=1S/C8H15N3O3/c1-9-8(14)11-3-2-10(4-5-12)7(13)6-11/h12H,2-6H2,1H3,(H,9,14). The van der Waals surface area contributed by atoms with Gasteiger partial charge in [0.15, 0.2) is 0 Å². The number of β-amino-alcohol motifs (C(OH)–C–C–N with tert-alkyl or cyclic N) is 1. The van der Waals surface area contributed by atoms with Gasteiger partial charge in [0.05, 0.1) is 6.61 Å². The van der Waals surface area contributed by atoms with E-state index in [0.717, 1.165) is 0 Å². The SMILES string of the molecule is CNC(=O)N1CCN(CCO)C(=O)C1. The summed E-state index contributed by atoms with van der Waals surface area (Å²) < 4.78 is 0. The van der Waals surface area contributed by atoms with Crippen molar-refractivity contribution < 1.29 is 14.7 Å². The van der Waals surface area contributed by atoms with Crippen molar-refractivity contribution in [1.82, 2.24) is 15.1 Å². The van der Waals surface area contributed by atoms with Crippen LogP contribution in [0.4, 0.5) is 4.79 Å². The van der Waals surface area contributed by atoms with E-state index in [4.69, 9.17) is 5.11 Å². The Labute approximate surface area is 82.5 Å². The summed E-state index contributed by atoms with van der Waals surface area (Å²) >= 11 is 0. The zero-order valence-electron chi connectivity index (χ0n) is 8.19. The number of aliphatic hydroxyl groups is 1. The maximum absolute atomic E-state index is 11.4. The van der Waals surface area contributed by atoms with Crippen LogP contribution in [0.1, 0.15) is 0 Å². The number of amides is 3. The number of hydrogen-bond donors (Lipinski definition) is 2. The molecule has 0 bridgehead atoms. The smallest absolute Gasteiger partial charge is 0.317 e. The molecule has 1 fully saturated rings. The second kappa shape index (κ2) is 4.80. The van der Waals surface area contributed by atoms with Gasteiger partial charge in [-0.15, -0.1) is 0 Å². The first kappa shape index (κ1) is 10.8. The molecule has 1 rings (SSSR count). The normalized spacial score (nSPS) is 17.1. The summed E-state index contributed by atoms with van der Waals surface area (Å²) in [6.45, 7) is 1.42. The summed E-state index contributed by atoms with van der Waals surface area (Å²) in [6, 6.07) is -0.234. The average Bonchev–Trinajstić information content (AvgIpc) is 2.20. The van der Waals surface area contributed by atoms with Crippen LogP contribution < -0.4 is 5.32 Å². The summed E-state index contributed by atoms with van der Waals surface area (Å²) in [5, 5.41) is 11.1. The molecule has 0 aromatic rings. The fraction of sp³-hybridized carbons (Fsp3) is 0.750. The number of carbonyl (C=O) groups is 2. The Morgan fingerprint density at radius 2 is 2.29 bits per heavy atom. The molecular formula is C8H15N3O3. The van der Waals surface area contributed by atoms with Gasteiger partial charge in [0, 0.05) is 26.7 Å². The predicted molar refractivity (Wildman–Crippen MR) is 49.7 cm³/mol. The Bertz CT molecular complexity index is 232. The molecule has 80 valence electrons. The van der Waals surface area contributed by atoms with Crippen LogP contribution in [-0.2, 0) is 4.79 Å². The molecule has 6 nitrogen and oxygen atoms in total. The van der Waals surface area contributed by atoms with Crippen molar-refractivity contribution in [2.75, 3.05) is 39.8 Å². The molecule has 14 heavy (non-hydrogen) atoms. The molecule has 0 aliphatic carbocycles. The maximum Gasteiger partial charge on any atom is 0.317 e. The number of carbonyl (C=O) groups excluding carboxylic acids is 2. The quantitative estimate of drug-likeness (QED) is 0.569. The van der Waals surface area contributed by atoms with Crippen LogP contribution in [0.2, 0.25) is 0 Å². The molecule has 6 heteroatoms. The third-order valence-corrected chi connectivity index (χ3v) is 2.19. The van der Waals surface area contributed by atoms with Gasteiger partial charge in [-0.1, -0.05) is 0 Å². The van der Waals surface area contributed by atoms with Gasteiger partial charge in [0.25, 0.3) is 0 Å². The molecule has 0 unspecified atom stereocenters. The van der Waals surface area contributed by atoms with Crippen LogP contribution in [0.5, 0.6) is 0 Å². The molecule has 0 radical (unpaired) electrons. The van der Waals surface area contributed by atoms with E-state index in [9.17, 15) is 9.59 Å². The van der Waals surface area contributed by atoms with Gasteiger partial charge in [-0.3, -0.25) is 4.79 Å². The molecule has 0 aromatic heterocycles. The lowest BCUT2D eigenvalue weighted by molar-refractivity contribution is -0.135. The zero-order valence-corrected chi connectivity index (χ0v) is 8.19. The van der Waals surface area contributed by atoms with Crippen molar-refractivity contribution in [1.29, 1.82) is 0 Å². The summed E-state index contributed by atoms with van der Waals surface area (Å²) in [6.07, 6.45) is 0. The Morgan fingerprint density at radius 3 is 2.79 bits per heavy atom. The maximum atomic E-state index is 11.4. The molecule has 0 aromatic carbocycles. The van der Waals surface area contributed by atoms with Crippen LogP contribution in [0.25, 0.3) is 0 Å². The number of hydrogen-bond acceptors (Lipinski definition) is 3. The van der Waals surface area contributed by atoms with Gasteiger partial charge >= 0.3 is 6.03 Å². The number of urea groups is 1. The molecule has 0 atom stereocenters. The lowest BCUT2D eigenvalue weighted by Gasteiger charge is -2.33. The van der Waals surface area contributed by atoms with E-state index in [-0.39, 0.29) is 25.1 Å². The highest BCUT2D eigenvalue weighted by Gasteiger charge is 2.25. The Morgan fingerprint density at radius 1 is 1.57 bits per heavy atom. The molecular weight excluding hydrogens is 186 g/mol. The van der Waals surface area contributed by atoms with Gasteiger partial charge in [-0.2, -0.15) is 0 Å². The fourth-order valence-electron chi connectivity index (χ4n) is 1.40. The first-order valence-electron chi connectivity index (χ1n) is 4.54. The van der Waals surface area contributed by atoms with E-state index in [1.807, 2.05) is 0 Å². The number of piperazine rings is 1. The number of nitrogens with zero attached hydrogens (tertiary/aromatic N) is 2. The van der Waals surface area contributed by atoms with Crippen molar-refractivity contribution >= 4 is 11.9 Å². The Hall–Kier alpha value is -1.30. The van der Waals surface area contributed by atoms with E-state index < -0.39 is 0 Å². The van der Waals surface area contributed by atoms with E-state index in [0.29, 0.717) is 19.6 Å². The lowest BCUT2D eigenvalue weighted by atomic mass is 10.3. The minimum atomic E-state index is -0.234. The topological polar surface area (TPSA) is 72.9 Å². The van der Waals surface area contributed by atoms with Gasteiger partial charge < -0.3 is 20.2 Å². The van der Waals surface area contributed by atoms with Crippen LogP contribution in [-0.4, -0.2) is 66.7 Å². The van der Waals surface area contributed by atoms with Crippen LogP contribution >= 0.6 is 0 Å². The van der Waals surface area contributed by atoms with E-state index in [2.05, 4.69) is 5.32 Å². The zero-order chi connectivity index (χ0) is 10.6. The highest BCUT2D eigenvalue weighted by molar-refractivity contribution is 5.85. The summed E-state index contributed by atoms with van der Waals surface area (Å²) in [5.41, 5.74) is 0. The van der Waals surface area contributed by atoms with Crippen molar-refractivity contribution in [3.63, 3.8) is 0 Å². The highest BCUT2D eigenvalue weighted by atomic mass is 16.3. The van der Waals surface area contributed by atoms with E-state index in [1.165, 1.54) is 11.9 Å². The minimum Gasteiger partial charge on any atom is -0.395 e. The van der Waals surface area contributed by atoms with Crippen molar-refractivity contribution in [3.8, 4) is 0 Å². The summed E-state index contributed by atoms with van der Waals surface area (Å²) in [7, 11) is 1.53. The van der Waals surface area contributed by atoms with Crippen LogP contribution in [0, 0.1) is 0 Å². The number of rotatable bonds is 2. The predicted octanol–water partition coefficient (Wildman–Crippen LogP) is -1.54. The summed E-state index contributed by atoms with van der Waals surface area (Å²) in [4.78, 5) is 25.6. The molecule has 3 amide bonds. The molecule has 0 spiro atoms. The second-order valence-corrected chi connectivity index (χ2v) is 3.08.